The minimum Gasteiger partial charge on any atom is -0.251 e. The van der Waals surface area contributed by atoms with Crippen LogP contribution in [0, 0.1) is 0 Å². The topological polar surface area (TPSA) is 52.6 Å². The van der Waals surface area contributed by atoms with Gasteiger partial charge in [-0.3, -0.25) is 9.68 Å². The lowest BCUT2D eigenvalue weighted by atomic mass is 9.73. The molecule has 0 saturated heterocycles. The molecule has 0 unspecified atom stereocenters. The van der Waals surface area contributed by atoms with Gasteiger partial charge in [0.2, 0.25) is 0 Å². The normalized spacial score (nSPS) is 11.9. The van der Waals surface area contributed by atoms with Crippen molar-refractivity contribution in [1.29, 1.82) is 0 Å². The maximum atomic E-state index is 12.0. The highest BCUT2D eigenvalue weighted by atomic mass is 17.2. The Balaban J connectivity index is 3.46. The molecule has 0 heterocycles. The number of hydrogen-bond donors (Lipinski definition) is 0. The summed E-state index contributed by atoms with van der Waals surface area (Å²) in [5.41, 5.74) is 2.06. The third kappa shape index (κ3) is 3.59. The average Bonchev–Trinajstić information content (AvgIpc) is 2.32. The largest absolute Gasteiger partial charge is 0.386 e. The second kappa shape index (κ2) is 5.65. The SMILES string of the molecule is CC(C)(C)c1cccc(C(=O)OOC=O)c1C(C)(C)C. The van der Waals surface area contributed by atoms with Crippen molar-refractivity contribution in [2.75, 3.05) is 0 Å². The van der Waals surface area contributed by atoms with Crippen LogP contribution in [0.5, 0.6) is 0 Å². The molecule has 4 heteroatoms. The Hall–Kier alpha value is -1.84. The third-order valence-electron chi connectivity index (χ3n) is 3.01. The van der Waals surface area contributed by atoms with Gasteiger partial charge in [-0.15, -0.1) is 0 Å². The highest BCUT2D eigenvalue weighted by molar-refractivity contribution is 5.92. The maximum Gasteiger partial charge on any atom is 0.386 e. The molecule has 1 rings (SSSR count). The number of hydrogen-bond acceptors (Lipinski definition) is 4. The molecule has 0 aliphatic carbocycles. The first kappa shape index (κ1) is 16.2. The van der Waals surface area contributed by atoms with Gasteiger partial charge in [0.25, 0.3) is 0 Å². The predicted molar refractivity (Wildman–Crippen MR) is 76.4 cm³/mol. The van der Waals surface area contributed by atoms with E-state index in [0.717, 1.165) is 11.1 Å². The summed E-state index contributed by atoms with van der Waals surface area (Å²) in [5.74, 6) is -0.659. The summed E-state index contributed by atoms with van der Waals surface area (Å²) >= 11 is 0. The van der Waals surface area contributed by atoms with Crippen LogP contribution < -0.4 is 0 Å². The first-order valence-electron chi connectivity index (χ1n) is 6.54. The highest BCUT2D eigenvalue weighted by Crippen LogP contribution is 2.36. The molecule has 20 heavy (non-hydrogen) atoms. The summed E-state index contributed by atoms with van der Waals surface area (Å²) < 4.78 is 0. The molecule has 0 N–H and O–H groups in total. The molecule has 0 bridgehead atoms. The van der Waals surface area contributed by atoms with Gasteiger partial charge < -0.3 is 0 Å². The molecule has 0 radical (unpaired) electrons. The van der Waals surface area contributed by atoms with Crippen molar-refractivity contribution in [3.05, 3.63) is 34.9 Å². The second-order valence-corrected chi connectivity index (χ2v) is 6.79. The smallest absolute Gasteiger partial charge is 0.251 e. The number of benzene rings is 1. The summed E-state index contributed by atoms with van der Waals surface area (Å²) in [6.45, 7) is 12.5. The van der Waals surface area contributed by atoms with Crippen LogP contribution in [0.4, 0.5) is 0 Å². The quantitative estimate of drug-likeness (QED) is 0.482. The first-order valence-corrected chi connectivity index (χ1v) is 6.54. The molecule has 0 aromatic heterocycles. The van der Waals surface area contributed by atoms with Crippen molar-refractivity contribution in [3.8, 4) is 0 Å². The van der Waals surface area contributed by atoms with Crippen LogP contribution in [0.3, 0.4) is 0 Å². The second-order valence-electron chi connectivity index (χ2n) is 6.79. The van der Waals surface area contributed by atoms with Crippen molar-refractivity contribution in [2.45, 2.75) is 52.4 Å². The Morgan fingerprint density at radius 3 is 2.10 bits per heavy atom. The Morgan fingerprint density at radius 1 is 1.05 bits per heavy atom. The Labute approximate surface area is 120 Å². The van der Waals surface area contributed by atoms with Crippen LogP contribution in [0.2, 0.25) is 0 Å². The minimum absolute atomic E-state index is 0.0856. The van der Waals surface area contributed by atoms with Crippen LogP contribution >= 0.6 is 0 Å². The fraction of sp³-hybridized carbons (Fsp3) is 0.500. The van der Waals surface area contributed by atoms with Gasteiger partial charge >= 0.3 is 12.4 Å². The molecule has 0 spiro atoms. The van der Waals surface area contributed by atoms with E-state index in [4.69, 9.17) is 0 Å². The molecule has 4 nitrogen and oxygen atoms in total. The molecule has 0 fully saturated rings. The van der Waals surface area contributed by atoms with Crippen LogP contribution in [-0.4, -0.2) is 12.4 Å². The van der Waals surface area contributed by atoms with E-state index in [2.05, 4.69) is 30.5 Å². The van der Waals surface area contributed by atoms with Gasteiger partial charge in [-0.25, -0.2) is 9.68 Å². The van der Waals surface area contributed by atoms with Gasteiger partial charge in [0.1, 0.15) is 0 Å². The fourth-order valence-corrected chi connectivity index (χ4v) is 2.26. The lowest BCUT2D eigenvalue weighted by Crippen LogP contribution is -2.25. The van der Waals surface area contributed by atoms with Crippen LogP contribution in [0.1, 0.15) is 63.0 Å². The van der Waals surface area contributed by atoms with Gasteiger partial charge in [0, 0.05) is 0 Å². The predicted octanol–water partition coefficient (Wildman–Crippen LogP) is 3.53. The number of rotatable bonds is 3. The summed E-state index contributed by atoms with van der Waals surface area (Å²) in [6, 6.07) is 5.51. The summed E-state index contributed by atoms with van der Waals surface area (Å²) in [6.07, 6.45) is 0. The third-order valence-corrected chi connectivity index (χ3v) is 3.01. The van der Waals surface area contributed by atoms with E-state index >= 15 is 0 Å². The van der Waals surface area contributed by atoms with E-state index in [1.165, 1.54) is 0 Å². The molecule has 0 atom stereocenters. The number of carbonyl (C=O) groups is 2. The number of carbonyl (C=O) groups excluding carboxylic acids is 2. The molecule has 0 saturated carbocycles. The summed E-state index contributed by atoms with van der Waals surface area (Å²) in [4.78, 5) is 30.8. The average molecular weight is 278 g/mol. The molecule has 0 amide bonds. The van der Waals surface area contributed by atoms with Crippen molar-refractivity contribution in [1.82, 2.24) is 0 Å². The summed E-state index contributed by atoms with van der Waals surface area (Å²) in [7, 11) is 0. The van der Waals surface area contributed by atoms with Crippen LogP contribution in [-0.2, 0) is 25.4 Å². The van der Waals surface area contributed by atoms with E-state index in [-0.39, 0.29) is 17.3 Å². The lowest BCUT2D eigenvalue weighted by molar-refractivity contribution is -0.218. The standard InChI is InChI=1S/C16H22O4/c1-15(2,3)12-9-7-8-11(13(12)16(4,5)6)14(18)20-19-10-17/h7-10H,1-6H3. The molecule has 1 aromatic rings. The van der Waals surface area contributed by atoms with Crippen molar-refractivity contribution >= 4 is 12.4 Å². The van der Waals surface area contributed by atoms with E-state index in [9.17, 15) is 9.59 Å². The minimum atomic E-state index is -0.659. The van der Waals surface area contributed by atoms with Gasteiger partial charge in [-0.2, -0.15) is 0 Å². The Kier molecular flexibility index (Phi) is 4.58. The molecule has 1 aromatic carbocycles. The zero-order valence-electron chi connectivity index (χ0n) is 12.9. The van der Waals surface area contributed by atoms with Gasteiger partial charge in [0.15, 0.2) is 0 Å². The molecule has 110 valence electrons. The van der Waals surface area contributed by atoms with E-state index in [1.54, 1.807) is 6.07 Å². The van der Waals surface area contributed by atoms with Crippen molar-refractivity contribution < 1.29 is 19.4 Å². The van der Waals surface area contributed by atoms with E-state index in [1.807, 2.05) is 32.9 Å². The van der Waals surface area contributed by atoms with Gasteiger partial charge in [-0.05, 0) is 28.0 Å². The van der Waals surface area contributed by atoms with Gasteiger partial charge in [-0.1, -0.05) is 53.7 Å². The zero-order valence-corrected chi connectivity index (χ0v) is 12.9. The lowest BCUT2D eigenvalue weighted by Gasteiger charge is -2.31. The van der Waals surface area contributed by atoms with Crippen LogP contribution in [0.25, 0.3) is 0 Å². The zero-order chi connectivity index (χ0) is 15.6. The maximum absolute atomic E-state index is 12.0. The monoisotopic (exact) mass is 278 g/mol. The van der Waals surface area contributed by atoms with Crippen molar-refractivity contribution in [2.24, 2.45) is 0 Å². The first-order chi connectivity index (χ1) is 9.09. The van der Waals surface area contributed by atoms with Gasteiger partial charge in [0.05, 0.1) is 5.56 Å². The Morgan fingerprint density at radius 2 is 1.65 bits per heavy atom. The Bertz CT molecular complexity index is 504. The van der Waals surface area contributed by atoms with Crippen LogP contribution in [0.15, 0.2) is 18.2 Å². The summed E-state index contributed by atoms with van der Waals surface area (Å²) in [5, 5.41) is 0. The van der Waals surface area contributed by atoms with Crippen molar-refractivity contribution in [3.63, 3.8) is 0 Å². The fourth-order valence-electron chi connectivity index (χ4n) is 2.26. The van der Waals surface area contributed by atoms with E-state index in [0.29, 0.717) is 5.56 Å². The molecular weight excluding hydrogens is 256 g/mol. The highest BCUT2D eigenvalue weighted by Gasteiger charge is 2.30. The molecule has 0 aliphatic heterocycles. The van der Waals surface area contributed by atoms with E-state index < -0.39 is 5.97 Å². The molecular formula is C16H22O4. The molecule has 0 aliphatic rings.